The predicted molar refractivity (Wildman–Crippen MR) is 78.1 cm³/mol. The molecule has 0 radical (unpaired) electrons. The number of nitrogens with zero attached hydrogens (tertiary/aromatic N) is 1. The summed E-state index contributed by atoms with van der Waals surface area (Å²) in [6.45, 7) is 4.52. The van der Waals surface area contributed by atoms with Gasteiger partial charge in [0.2, 0.25) is 0 Å². The van der Waals surface area contributed by atoms with Crippen molar-refractivity contribution in [3.63, 3.8) is 0 Å². The molecule has 2 rings (SSSR count). The summed E-state index contributed by atoms with van der Waals surface area (Å²) in [4.78, 5) is 16.8. The molecule has 2 aromatic rings. The van der Waals surface area contributed by atoms with Crippen LogP contribution in [-0.4, -0.2) is 18.1 Å². The largest absolute Gasteiger partial charge is 0.486 e. The maximum Gasteiger partial charge on any atom is 0.309 e. The third kappa shape index (κ3) is 3.81. The summed E-state index contributed by atoms with van der Waals surface area (Å²) in [6.07, 6.45) is 0.279. The van der Waals surface area contributed by atoms with Crippen molar-refractivity contribution in [3.8, 4) is 5.75 Å². The van der Waals surface area contributed by atoms with Crippen LogP contribution in [-0.2, 0) is 22.6 Å². The Labute approximate surface area is 122 Å². The molecule has 0 aliphatic heterocycles. The Morgan fingerprint density at radius 2 is 1.95 bits per heavy atom. The lowest BCUT2D eigenvalue weighted by molar-refractivity contribution is -0.139. The summed E-state index contributed by atoms with van der Waals surface area (Å²) < 4.78 is 10.3. The zero-order chi connectivity index (χ0) is 14.5. The van der Waals surface area contributed by atoms with Crippen molar-refractivity contribution in [1.82, 2.24) is 4.98 Å². The third-order valence-corrected chi connectivity index (χ3v) is 3.98. The Balaban J connectivity index is 1.92. The van der Waals surface area contributed by atoms with Gasteiger partial charge in [0.25, 0.3) is 0 Å². The van der Waals surface area contributed by atoms with Crippen LogP contribution in [0.1, 0.15) is 21.1 Å². The van der Waals surface area contributed by atoms with Gasteiger partial charge in [-0.05, 0) is 31.5 Å². The van der Waals surface area contributed by atoms with Crippen molar-refractivity contribution >= 4 is 17.3 Å². The van der Waals surface area contributed by atoms with Crippen LogP contribution < -0.4 is 4.74 Å². The quantitative estimate of drug-likeness (QED) is 0.794. The number of carbonyl (C=O) groups excluding carboxylic acids is 1. The van der Waals surface area contributed by atoms with Gasteiger partial charge < -0.3 is 9.47 Å². The highest BCUT2D eigenvalue weighted by atomic mass is 32.1. The molecule has 0 N–H and O–H groups in total. The average Bonchev–Trinajstić information content (AvgIpc) is 2.77. The number of rotatable bonds is 5. The number of ether oxygens (including phenoxy) is 2. The molecule has 1 aromatic heterocycles. The lowest BCUT2D eigenvalue weighted by Gasteiger charge is -2.05. The minimum absolute atomic E-state index is 0.243. The topological polar surface area (TPSA) is 48.4 Å². The normalized spacial score (nSPS) is 10.3. The molecule has 0 spiro atoms. The zero-order valence-electron chi connectivity index (χ0n) is 11.8. The summed E-state index contributed by atoms with van der Waals surface area (Å²) in [5, 5.41) is 0.971. The lowest BCUT2D eigenvalue weighted by atomic mass is 10.1. The second-order valence-electron chi connectivity index (χ2n) is 4.43. The highest BCUT2D eigenvalue weighted by molar-refractivity contribution is 7.11. The molecule has 20 heavy (non-hydrogen) atoms. The molecule has 1 aromatic carbocycles. The van der Waals surface area contributed by atoms with E-state index in [0.717, 1.165) is 22.0 Å². The molecule has 0 amide bonds. The minimum atomic E-state index is -0.243. The molecule has 0 bridgehead atoms. The average molecular weight is 291 g/mol. The van der Waals surface area contributed by atoms with E-state index < -0.39 is 0 Å². The fraction of sp³-hybridized carbons (Fsp3) is 0.333. The van der Waals surface area contributed by atoms with Gasteiger partial charge in [-0.1, -0.05) is 12.1 Å². The summed E-state index contributed by atoms with van der Waals surface area (Å²) in [7, 11) is 1.39. The summed E-state index contributed by atoms with van der Waals surface area (Å²) in [5.74, 6) is 0.525. The van der Waals surface area contributed by atoms with Crippen LogP contribution in [0.25, 0.3) is 0 Å². The number of carbonyl (C=O) groups is 1. The second kappa shape index (κ2) is 6.52. The van der Waals surface area contributed by atoms with Gasteiger partial charge in [0.1, 0.15) is 17.4 Å². The van der Waals surface area contributed by atoms with Crippen LogP contribution in [0.3, 0.4) is 0 Å². The highest BCUT2D eigenvalue weighted by Gasteiger charge is 2.05. The molecule has 5 heteroatoms. The van der Waals surface area contributed by atoms with Crippen LogP contribution >= 0.6 is 11.3 Å². The number of esters is 1. The number of thiazole rings is 1. The van der Waals surface area contributed by atoms with Crippen molar-refractivity contribution in [2.24, 2.45) is 0 Å². The molecule has 0 aliphatic carbocycles. The van der Waals surface area contributed by atoms with Crippen LogP contribution in [0, 0.1) is 13.8 Å². The molecular formula is C15H17NO3S. The van der Waals surface area contributed by atoms with Crippen LogP contribution in [0.15, 0.2) is 24.3 Å². The minimum Gasteiger partial charge on any atom is -0.486 e. The standard InChI is InChI=1S/C15H17NO3S/c1-10-11(2)20-14(16-10)9-19-13-6-4-12(5-7-13)8-15(17)18-3/h4-7H,8-9H2,1-3H3. The van der Waals surface area contributed by atoms with E-state index in [1.54, 1.807) is 11.3 Å². The fourth-order valence-corrected chi connectivity index (χ4v) is 2.54. The number of benzene rings is 1. The van der Waals surface area contributed by atoms with E-state index >= 15 is 0 Å². The van der Waals surface area contributed by atoms with Crippen molar-refractivity contribution in [1.29, 1.82) is 0 Å². The zero-order valence-corrected chi connectivity index (χ0v) is 12.6. The molecule has 0 saturated carbocycles. The Bertz CT molecular complexity index is 570. The van der Waals surface area contributed by atoms with Crippen LogP contribution in [0.4, 0.5) is 0 Å². The molecule has 0 aliphatic rings. The Kier molecular flexibility index (Phi) is 4.74. The van der Waals surface area contributed by atoms with Crippen molar-refractivity contribution in [2.45, 2.75) is 26.9 Å². The van der Waals surface area contributed by atoms with Crippen molar-refractivity contribution in [2.75, 3.05) is 7.11 Å². The number of aromatic nitrogens is 1. The molecular weight excluding hydrogens is 274 g/mol. The summed E-state index contributed by atoms with van der Waals surface area (Å²) in [5.41, 5.74) is 1.96. The van der Waals surface area contributed by atoms with Crippen molar-refractivity contribution in [3.05, 3.63) is 45.4 Å². The maximum absolute atomic E-state index is 11.2. The van der Waals surface area contributed by atoms with E-state index in [9.17, 15) is 4.79 Å². The number of hydrogen-bond donors (Lipinski definition) is 0. The molecule has 0 saturated heterocycles. The number of methoxy groups -OCH3 is 1. The molecule has 0 fully saturated rings. The third-order valence-electron chi connectivity index (χ3n) is 2.93. The SMILES string of the molecule is COC(=O)Cc1ccc(OCc2nc(C)c(C)s2)cc1. The molecule has 0 unspecified atom stereocenters. The van der Waals surface area contributed by atoms with Gasteiger partial charge in [0.15, 0.2) is 0 Å². The number of aryl methyl sites for hydroxylation is 2. The second-order valence-corrected chi connectivity index (χ2v) is 5.72. The summed E-state index contributed by atoms with van der Waals surface area (Å²) in [6, 6.07) is 7.44. The van der Waals surface area contributed by atoms with E-state index in [4.69, 9.17) is 4.74 Å². The van der Waals surface area contributed by atoms with Crippen molar-refractivity contribution < 1.29 is 14.3 Å². The molecule has 1 heterocycles. The van der Waals surface area contributed by atoms with Crippen LogP contribution in [0.2, 0.25) is 0 Å². The highest BCUT2D eigenvalue weighted by Crippen LogP contribution is 2.19. The first-order valence-electron chi connectivity index (χ1n) is 6.30. The predicted octanol–water partition coefficient (Wildman–Crippen LogP) is 3.05. The van der Waals surface area contributed by atoms with Gasteiger partial charge >= 0.3 is 5.97 Å². The summed E-state index contributed by atoms with van der Waals surface area (Å²) >= 11 is 1.65. The lowest BCUT2D eigenvalue weighted by Crippen LogP contribution is -2.04. The Hall–Kier alpha value is -1.88. The fourth-order valence-electron chi connectivity index (χ4n) is 1.69. The van der Waals surface area contributed by atoms with Gasteiger partial charge in [-0.15, -0.1) is 11.3 Å². The maximum atomic E-state index is 11.2. The van der Waals surface area contributed by atoms with Gasteiger partial charge in [-0.2, -0.15) is 0 Å². The molecule has 0 atom stereocenters. The monoisotopic (exact) mass is 291 g/mol. The van der Waals surface area contributed by atoms with Gasteiger partial charge in [0.05, 0.1) is 19.2 Å². The van der Waals surface area contributed by atoms with E-state index in [1.165, 1.54) is 12.0 Å². The van der Waals surface area contributed by atoms with Gasteiger partial charge in [-0.25, -0.2) is 4.98 Å². The Morgan fingerprint density at radius 1 is 1.25 bits per heavy atom. The van der Waals surface area contributed by atoms with Gasteiger partial charge in [0, 0.05) is 4.88 Å². The Morgan fingerprint density at radius 3 is 2.50 bits per heavy atom. The smallest absolute Gasteiger partial charge is 0.309 e. The number of hydrogen-bond acceptors (Lipinski definition) is 5. The van der Waals surface area contributed by atoms with E-state index in [-0.39, 0.29) is 12.4 Å². The van der Waals surface area contributed by atoms with Crippen LogP contribution in [0.5, 0.6) is 5.75 Å². The van der Waals surface area contributed by atoms with E-state index in [2.05, 4.69) is 16.6 Å². The first kappa shape index (κ1) is 14.5. The van der Waals surface area contributed by atoms with E-state index in [1.807, 2.05) is 31.2 Å². The van der Waals surface area contributed by atoms with Gasteiger partial charge in [-0.3, -0.25) is 4.79 Å². The van der Waals surface area contributed by atoms with E-state index in [0.29, 0.717) is 6.61 Å². The first-order chi connectivity index (χ1) is 9.58. The molecule has 106 valence electrons. The molecule has 4 nitrogen and oxygen atoms in total. The first-order valence-corrected chi connectivity index (χ1v) is 7.11.